The number of benzene rings is 3. The molecule has 218 valence electrons. The summed E-state index contributed by atoms with van der Waals surface area (Å²) in [5.74, 6) is -2.56. The molecule has 0 aliphatic heterocycles. The van der Waals surface area contributed by atoms with Crippen LogP contribution in [0.5, 0.6) is 0 Å². The Morgan fingerprint density at radius 2 is 1.32 bits per heavy atom. The van der Waals surface area contributed by atoms with Crippen molar-refractivity contribution in [2.45, 2.75) is 38.3 Å². The quantitative estimate of drug-likeness (QED) is 0.280. The van der Waals surface area contributed by atoms with Crippen molar-refractivity contribution in [1.29, 1.82) is 0 Å². The molecule has 0 spiro atoms. The monoisotopic (exact) mass is 584 g/mol. The molecule has 13 heteroatoms. The van der Waals surface area contributed by atoms with E-state index in [1.807, 2.05) is 0 Å². The maximum Gasteiger partial charge on any atom is 0.435 e. The van der Waals surface area contributed by atoms with Crippen LogP contribution in [-0.2, 0) is 10.5 Å². The third-order valence-corrected chi connectivity index (χ3v) is 6.19. The number of carboxylic acids is 1. The predicted molar refractivity (Wildman–Crippen MR) is 136 cm³/mol. The maximum absolute atomic E-state index is 14.6. The van der Waals surface area contributed by atoms with Gasteiger partial charge in [0.15, 0.2) is 0 Å². The molecule has 41 heavy (non-hydrogen) atoms. The number of rotatable bonds is 8. The summed E-state index contributed by atoms with van der Waals surface area (Å²) in [6.07, 6.45) is -13.0. The Morgan fingerprint density at radius 3 is 1.83 bits per heavy atom. The molecule has 0 fully saturated rings. The Kier molecular flexibility index (Phi) is 8.80. The standard InChI is InChI=1S/C28H23F7N2O4/c1-16-13-20(26(29,27(30,31)32)28(33,34)35)14-17(2)23(16)36-24(40)19-9-6-10-21(15-19)37(12-11-22(38)39)25(41)18-7-4-3-5-8-18/h3-10,13-15H,11-12H2,1-2H3,(H,36,40)(H,38,39). The molecule has 3 aromatic carbocycles. The van der Waals surface area contributed by atoms with E-state index in [0.717, 1.165) is 18.7 Å². The first-order valence-corrected chi connectivity index (χ1v) is 11.9. The molecule has 3 rings (SSSR count). The van der Waals surface area contributed by atoms with E-state index in [0.29, 0.717) is 12.1 Å². The van der Waals surface area contributed by atoms with Gasteiger partial charge in [0.1, 0.15) is 0 Å². The van der Waals surface area contributed by atoms with Crippen molar-refractivity contribution in [1.82, 2.24) is 0 Å². The number of hydrogen-bond acceptors (Lipinski definition) is 3. The molecule has 0 unspecified atom stereocenters. The number of carboxylic acid groups (broad SMARTS) is 1. The molecule has 0 saturated heterocycles. The number of alkyl halides is 7. The van der Waals surface area contributed by atoms with E-state index in [2.05, 4.69) is 5.32 Å². The van der Waals surface area contributed by atoms with Gasteiger partial charge >= 0.3 is 24.0 Å². The first-order chi connectivity index (χ1) is 19.0. The zero-order chi connectivity index (χ0) is 30.8. The van der Waals surface area contributed by atoms with E-state index in [4.69, 9.17) is 5.11 Å². The fraction of sp³-hybridized carbons (Fsp3) is 0.250. The Morgan fingerprint density at radius 1 is 0.780 bits per heavy atom. The lowest BCUT2D eigenvalue weighted by atomic mass is 9.90. The first kappa shape index (κ1) is 31.1. The lowest BCUT2D eigenvalue weighted by molar-refractivity contribution is -0.348. The lowest BCUT2D eigenvalue weighted by Crippen LogP contribution is -2.50. The minimum absolute atomic E-state index is 0.0583. The van der Waals surface area contributed by atoms with E-state index in [9.17, 15) is 45.1 Å². The summed E-state index contributed by atoms with van der Waals surface area (Å²) in [5.41, 5.74) is -7.62. The molecule has 0 saturated carbocycles. The van der Waals surface area contributed by atoms with Gasteiger partial charge in [0.25, 0.3) is 11.8 Å². The maximum atomic E-state index is 14.6. The summed E-state index contributed by atoms with van der Waals surface area (Å²) in [4.78, 5) is 38.5. The van der Waals surface area contributed by atoms with Crippen LogP contribution in [0.2, 0.25) is 0 Å². The van der Waals surface area contributed by atoms with Crippen molar-refractivity contribution in [3.63, 3.8) is 0 Å². The molecule has 6 nitrogen and oxygen atoms in total. The fourth-order valence-corrected chi connectivity index (χ4v) is 4.14. The zero-order valence-electron chi connectivity index (χ0n) is 21.5. The van der Waals surface area contributed by atoms with Gasteiger partial charge in [0.05, 0.1) is 6.42 Å². The SMILES string of the molecule is Cc1cc(C(F)(C(F)(F)F)C(F)(F)F)cc(C)c1NC(=O)c1cccc(N(CCC(=O)O)C(=O)c2ccccc2)c1. The van der Waals surface area contributed by atoms with Gasteiger partial charge in [-0.3, -0.25) is 14.4 Å². The van der Waals surface area contributed by atoms with E-state index in [1.54, 1.807) is 18.2 Å². The van der Waals surface area contributed by atoms with E-state index >= 15 is 0 Å². The van der Waals surface area contributed by atoms with Crippen LogP contribution in [0.1, 0.15) is 43.8 Å². The van der Waals surface area contributed by atoms with Crippen LogP contribution in [0.3, 0.4) is 0 Å². The van der Waals surface area contributed by atoms with Gasteiger partial charge in [0, 0.05) is 34.6 Å². The first-order valence-electron chi connectivity index (χ1n) is 11.9. The number of aryl methyl sites for hydroxylation is 2. The second-order valence-electron chi connectivity index (χ2n) is 9.11. The Balaban J connectivity index is 1.96. The molecule has 0 atom stereocenters. The number of nitrogens with one attached hydrogen (secondary N) is 1. The van der Waals surface area contributed by atoms with Gasteiger partial charge in [0.2, 0.25) is 0 Å². The summed E-state index contributed by atoms with van der Waals surface area (Å²) < 4.78 is 93.9. The molecule has 0 aromatic heterocycles. The van der Waals surface area contributed by atoms with Gasteiger partial charge < -0.3 is 15.3 Å². The van der Waals surface area contributed by atoms with Gasteiger partial charge in [-0.2, -0.15) is 26.3 Å². The largest absolute Gasteiger partial charge is 0.481 e. The third kappa shape index (κ3) is 6.50. The second-order valence-corrected chi connectivity index (χ2v) is 9.11. The van der Waals surface area contributed by atoms with Crippen LogP contribution in [0, 0.1) is 13.8 Å². The van der Waals surface area contributed by atoms with E-state index < -0.39 is 47.8 Å². The number of carbonyl (C=O) groups is 3. The van der Waals surface area contributed by atoms with Crippen LogP contribution in [0.25, 0.3) is 0 Å². The van der Waals surface area contributed by atoms with Crippen molar-refractivity contribution in [2.75, 3.05) is 16.8 Å². The number of amides is 2. The molecule has 0 aliphatic carbocycles. The Hall–Kier alpha value is -4.42. The minimum atomic E-state index is -6.29. The summed E-state index contributed by atoms with van der Waals surface area (Å²) >= 11 is 0. The third-order valence-electron chi connectivity index (χ3n) is 6.19. The normalized spacial score (nSPS) is 12.1. The number of halogens is 7. The molecule has 0 heterocycles. The number of anilines is 2. The molecule has 2 amide bonds. The number of hydrogen-bond donors (Lipinski definition) is 2. The predicted octanol–water partition coefficient (Wildman–Crippen LogP) is 6.97. The van der Waals surface area contributed by atoms with Crippen LogP contribution in [0.4, 0.5) is 42.1 Å². The lowest BCUT2D eigenvalue weighted by Gasteiger charge is -2.31. The summed E-state index contributed by atoms with van der Waals surface area (Å²) in [7, 11) is 0. The highest BCUT2D eigenvalue weighted by Crippen LogP contribution is 2.53. The summed E-state index contributed by atoms with van der Waals surface area (Å²) in [6, 6.07) is 14.1. The van der Waals surface area contributed by atoms with Crippen molar-refractivity contribution in [2.24, 2.45) is 0 Å². The molecule has 3 aromatic rings. The molecular formula is C28H23F7N2O4. The van der Waals surface area contributed by atoms with E-state index in [1.165, 1.54) is 36.4 Å². The van der Waals surface area contributed by atoms with Crippen LogP contribution >= 0.6 is 0 Å². The topological polar surface area (TPSA) is 86.7 Å². The Bertz CT molecular complexity index is 1420. The number of aliphatic carboxylic acids is 1. The zero-order valence-corrected chi connectivity index (χ0v) is 21.5. The van der Waals surface area contributed by atoms with E-state index in [-0.39, 0.29) is 40.2 Å². The average Bonchev–Trinajstić information content (AvgIpc) is 2.89. The summed E-state index contributed by atoms with van der Waals surface area (Å²) in [5, 5.41) is 11.5. The van der Waals surface area contributed by atoms with Crippen LogP contribution in [0.15, 0.2) is 66.7 Å². The number of carbonyl (C=O) groups excluding carboxylic acids is 2. The highest BCUT2D eigenvalue weighted by molar-refractivity contribution is 6.09. The molecular weight excluding hydrogens is 561 g/mol. The van der Waals surface area contributed by atoms with Crippen LogP contribution in [-0.4, -0.2) is 41.8 Å². The molecule has 2 N–H and O–H groups in total. The highest BCUT2D eigenvalue weighted by atomic mass is 19.4. The van der Waals surface area contributed by atoms with Crippen molar-refractivity contribution >= 4 is 29.2 Å². The molecule has 0 radical (unpaired) electrons. The van der Waals surface area contributed by atoms with Crippen molar-refractivity contribution in [3.8, 4) is 0 Å². The van der Waals surface area contributed by atoms with Crippen molar-refractivity contribution in [3.05, 3.63) is 94.5 Å². The highest BCUT2D eigenvalue weighted by Gasteiger charge is 2.73. The van der Waals surface area contributed by atoms with Crippen LogP contribution < -0.4 is 10.2 Å². The second kappa shape index (κ2) is 11.6. The van der Waals surface area contributed by atoms with Gasteiger partial charge in [-0.15, -0.1) is 0 Å². The van der Waals surface area contributed by atoms with Gasteiger partial charge in [-0.25, -0.2) is 4.39 Å². The number of nitrogens with zero attached hydrogens (tertiary/aromatic N) is 1. The minimum Gasteiger partial charge on any atom is -0.481 e. The molecule has 0 aliphatic rings. The average molecular weight is 584 g/mol. The molecule has 0 bridgehead atoms. The van der Waals surface area contributed by atoms with Crippen molar-refractivity contribution < 1.29 is 50.2 Å². The van der Waals surface area contributed by atoms with Gasteiger partial charge in [-0.1, -0.05) is 36.4 Å². The smallest absolute Gasteiger partial charge is 0.435 e. The fourth-order valence-electron chi connectivity index (χ4n) is 4.14. The Labute approximate surface area is 229 Å². The summed E-state index contributed by atoms with van der Waals surface area (Å²) in [6.45, 7) is 1.99. The van der Waals surface area contributed by atoms with Gasteiger partial charge in [-0.05, 0) is 55.3 Å².